The molecule has 0 unspecified atom stereocenters. The van der Waals surface area contributed by atoms with Crippen LogP contribution in [-0.4, -0.2) is 29.7 Å². The van der Waals surface area contributed by atoms with E-state index >= 15 is 0 Å². The number of nitrogens with zero attached hydrogens (tertiary/aromatic N) is 2. The zero-order valence-electron chi connectivity index (χ0n) is 15.6. The Labute approximate surface area is 158 Å². The first kappa shape index (κ1) is 18.6. The van der Waals surface area contributed by atoms with Gasteiger partial charge in [-0.3, -0.25) is 0 Å². The lowest BCUT2D eigenvalue weighted by Crippen LogP contribution is -2.14. The molecule has 1 aromatic heterocycles. The van der Waals surface area contributed by atoms with Crippen molar-refractivity contribution in [3.05, 3.63) is 59.8 Å². The van der Waals surface area contributed by atoms with Gasteiger partial charge in [-0.1, -0.05) is 43.7 Å². The molecule has 3 rings (SSSR count). The van der Waals surface area contributed by atoms with Crippen LogP contribution in [0, 0.1) is 0 Å². The monoisotopic (exact) mass is 365 g/mol. The van der Waals surface area contributed by atoms with E-state index in [1.807, 2.05) is 55.5 Å². The maximum Gasteiger partial charge on any atom is 0.360 e. The molecule has 0 saturated carbocycles. The third kappa shape index (κ3) is 4.53. The van der Waals surface area contributed by atoms with E-state index in [4.69, 9.17) is 9.47 Å². The molecule has 27 heavy (non-hydrogen) atoms. The Kier molecular flexibility index (Phi) is 6.20. The van der Waals surface area contributed by atoms with Crippen molar-refractivity contribution in [1.82, 2.24) is 9.97 Å². The van der Waals surface area contributed by atoms with Gasteiger partial charge in [0.25, 0.3) is 0 Å². The lowest BCUT2D eigenvalue weighted by Gasteiger charge is -2.13. The molecule has 0 aliphatic rings. The summed E-state index contributed by atoms with van der Waals surface area (Å²) in [6.45, 7) is 2.87. The van der Waals surface area contributed by atoms with Crippen molar-refractivity contribution in [1.29, 1.82) is 0 Å². The second-order valence-electron chi connectivity index (χ2n) is 6.06. The van der Waals surface area contributed by atoms with Gasteiger partial charge in [-0.25, -0.2) is 14.8 Å². The molecular weight excluding hydrogens is 342 g/mol. The number of para-hydroxylation sites is 3. The summed E-state index contributed by atoms with van der Waals surface area (Å²) in [5.41, 5.74) is 2.52. The SMILES string of the molecule is CCCCOC(=O)c1nc2ccccc2nc1NCc1ccccc1OC. The van der Waals surface area contributed by atoms with Crippen LogP contribution in [0.15, 0.2) is 48.5 Å². The van der Waals surface area contributed by atoms with Gasteiger partial charge in [0, 0.05) is 12.1 Å². The number of carbonyl (C=O) groups is 1. The molecule has 0 saturated heterocycles. The third-order valence-electron chi connectivity index (χ3n) is 4.13. The first-order chi connectivity index (χ1) is 13.2. The van der Waals surface area contributed by atoms with E-state index in [9.17, 15) is 4.79 Å². The molecule has 3 aromatic rings. The molecule has 1 N–H and O–H groups in total. The molecule has 0 aliphatic heterocycles. The molecule has 0 radical (unpaired) electrons. The van der Waals surface area contributed by atoms with E-state index in [1.165, 1.54) is 0 Å². The summed E-state index contributed by atoms with van der Waals surface area (Å²) in [5.74, 6) is 0.705. The van der Waals surface area contributed by atoms with Crippen molar-refractivity contribution >= 4 is 22.8 Å². The zero-order valence-corrected chi connectivity index (χ0v) is 15.6. The number of aromatic nitrogens is 2. The Morgan fingerprint density at radius 1 is 1.04 bits per heavy atom. The normalized spacial score (nSPS) is 10.6. The number of nitrogens with one attached hydrogen (secondary N) is 1. The first-order valence-corrected chi connectivity index (χ1v) is 9.02. The van der Waals surface area contributed by atoms with E-state index in [2.05, 4.69) is 15.3 Å². The molecule has 0 fully saturated rings. The quantitative estimate of drug-likeness (QED) is 0.476. The van der Waals surface area contributed by atoms with Crippen LogP contribution in [0.2, 0.25) is 0 Å². The molecule has 0 atom stereocenters. The minimum atomic E-state index is -0.468. The van der Waals surface area contributed by atoms with Crippen LogP contribution in [-0.2, 0) is 11.3 Å². The van der Waals surface area contributed by atoms with Crippen LogP contribution in [0.3, 0.4) is 0 Å². The van der Waals surface area contributed by atoms with Gasteiger partial charge < -0.3 is 14.8 Å². The van der Waals surface area contributed by atoms with Crippen LogP contribution >= 0.6 is 0 Å². The predicted molar refractivity (Wildman–Crippen MR) is 105 cm³/mol. The minimum Gasteiger partial charge on any atom is -0.496 e. The van der Waals surface area contributed by atoms with Crippen LogP contribution in [0.1, 0.15) is 35.8 Å². The summed E-state index contributed by atoms with van der Waals surface area (Å²) in [7, 11) is 1.63. The third-order valence-corrected chi connectivity index (χ3v) is 4.13. The Bertz CT molecular complexity index is 927. The summed E-state index contributed by atoms with van der Waals surface area (Å²) in [6, 6.07) is 15.1. The maximum absolute atomic E-state index is 12.5. The number of hydrogen-bond acceptors (Lipinski definition) is 6. The van der Waals surface area contributed by atoms with Crippen LogP contribution in [0.25, 0.3) is 11.0 Å². The van der Waals surface area contributed by atoms with Gasteiger partial charge in [-0.05, 0) is 24.6 Å². The average molecular weight is 365 g/mol. The zero-order chi connectivity index (χ0) is 19.1. The molecule has 0 bridgehead atoms. The van der Waals surface area contributed by atoms with E-state index in [-0.39, 0.29) is 5.69 Å². The summed E-state index contributed by atoms with van der Waals surface area (Å²) >= 11 is 0. The van der Waals surface area contributed by atoms with Gasteiger partial charge in [0.05, 0.1) is 24.8 Å². The molecule has 2 aromatic carbocycles. The van der Waals surface area contributed by atoms with Crippen molar-refractivity contribution in [3.63, 3.8) is 0 Å². The van der Waals surface area contributed by atoms with Gasteiger partial charge >= 0.3 is 5.97 Å². The van der Waals surface area contributed by atoms with Crippen molar-refractivity contribution in [2.45, 2.75) is 26.3 Å². The smallest absolute Gasteiger partial charge is 0.360 e. The van der Waals surface area contributed by atoms with Gasteiger partial charge in [0.1, 0.15) is 5.75 Å². The molecular formula is C21H23N3O3. The number of esters is 1. The molecule has 0 amide bonds. The second kappa shape index (κ2) is 8.98. The van der Waals surface area contributed by atoms with Crippen molar-refractivity contribution in [2.75, 3.05) is 19.0 Å². The number of benzene rings is 2. The van der Waals surface area contributed by atoms with Crippen LogP contribution < -0.4 is 10.1 Å². The number of methoxy groups -OCH3 is 1. The molecule has 0 spiro atoms. The van der Waals surface area contributed by atoms with Crippen LogP contribution in [0.5, 0.6) is 5.75 Å². The molecule has 0 aliphatic carbocycles. The highest BCUT2D eigenvalue weighted by molar-refractivity contribution is 5.95. The van der Waals surface area contributed by atoms with E-state index in [0.717, 1.165) is 24.2 Å². The fourth-order valence-corrected chi connectivity index (χ4v) is 2.67. The standard InChI is InChI=1S/C21H23N3O3/c1-3-4-13-27-21(25)19-20(24-17-11-7-6-10-16(17)23-19)22-14-15-9-5-8-12-18(15)26-2/h5-12H,3-4,13-14H2,1-2H3,(H,22,24). The first-order valence-electron chi connectivity index (χ1n) is 9.02. The molecule has 6 heteroatoms. The lowest BCUT2D eigenvalue weighted by molar-refractivity contribution is 0.0494. The maximum atomic E-state index is 12.5. The fourth-order valence-electron chi connectivity index (χ4n) is 2.67. The van der Waals surface area contributed by atoms with E-state index < -0.39 is 5.97 Å². The Morgan fingerprint density at radius 3 is 2.48 bits per heavy atom. The minimum absolute atomic E-state index is 0.194. The van der Waals surface area contributed by atoms with Crippen molar-refractivity contribution in [2.24, 2.45) is 0 Å². The molecule has 6 nitrogen and oxygen atoms in total. The van der Waals surface area contributed by atoms with Gasteiger partial charge in [0.15, 0.2) is 11.5 Å². The van der Waals surface area contributed by atoms with Crippen molar-refractivity contribution in [3.8, 4) is 5.75 Å². The number of hydrogen-bond donors (Lipinski definition) is 1. The van der Waals surface area contributed by atoms with Crippen molar-refractivity contribution < 1.29 is 14.3 Å². The summed E-state index contributed by atoms with van der Waals surface area (Å²) < 4.78 is 10.7. The highest BCUT2D eigenvalue weighted by atomic mass is 16.5. The fraction of sp³-hybridized carbons (Fsp3) is 0.286. The predicted octanol–water partition coefficient (Wildman–Crippen LogP) is 4.21. The Morgan fingerprint density at radius 2 is 1.74 bits per heavy atom. The lowest BCUT2D eigenvalue weighted by atomic mass is 10.2. The van der Waals surface area contributed by atoms with Crippen LogP contribution in [0.4, 0.5) is 5.82 Å². The second-order valence-corrected chi connectivity index (χ2v) is 6.06. The van der Waals surface area contributed by atoms with E-state index in [1.54, 1.807) is 7.11 Å². The largest absolute Gasteiger partial charge is 0.496 e. The number of fused-ring (bicyclic) bond motifs is 1. The molecule has 140 valence electrons. The molecule has 1 heterocycles. The average Bonchev–Trinajstić information content (AvgIpc) is 2.71. The van der Waals surface area contributed by atoms with Gasteiger partial charge in [-0.2, -0.15) is 0 Å². The summed E-state index contributed by atoms with van der Waals surface area (Å²) in [4.78, 5) is 21.6. The van der Waals surface area contributed by atoms with Gasteiger partial charge in [0.2, 0.25) is 0 Å². The summed E-state index contributed by atoms with van der Waals surface area (Å²) in [5, 5.41) is 3.21. The Balaban J connectivity index is 1.89. The number of unbranched alkanes of at least 4 members (excludes halogenated alkanes) is 1. The topological polar surface area (TPSA) is 73.3 Å². The highest BCUT2D eigenvalue weighted by Crippen LogP contribution is 2.22. The Hall–Kier alpha value is -3.15. The number of carbonyl (C=O) groups excluding carboxylic acids is 1. The number of anilines is 1. The number of rotatable bonds is 8. The van der Waals surface area contributed by atoms with E-state index in [0.29, 0.717) is 30.0 Å². The number of ether oxygens (including phenoxy) is 2. The summed E-state index contributed by atoms with van der Waals surface area (Å²) in [6.07, 6.45) is 1.77. The highest BCUT2D eigenvalue weighted by Gasteiger charge is 2.18. The van der Waals surface area contributed by atoms with Gasteiger partial charge in [-0.15, -0.1) is 0 Å².